The molecule has 2 amide bonds. The van der Waals surface area contributed by atoms with Crippen LogP contribution in [0, 0.1) is 24.0 Å². The number of nitro benzene ring substituents is 1. The largest absolute Gasteiger partial charge is 0.342 e. The number of nitrogens with one attached hydrogen (secondary N) is 2. The molecule has 0 unspecified atom stereocenters. The SMILES string of the molecule is Cc1ccc([N+](=O)[O-])cc1NC(=O)CSc1nnc([C@H](C)NC(=O)c2ccccc2C)n1C. The molecule has 0 fully saturated rings. The Hall–Kier alpha value is -3.73. The summed E-state index contributed by atoms with van der Waals surface area (Å²) >= 11 is 1.18. The molecule has 0 radical (unpaired) electrons. The third-order valence-electron chi connectivity index (χ3n) is 5.03. The quantitative estimate of drug-likeness (QED) is 0.293. The van der Waals surface area contributed by atoms with Crippen molar-refractivity contribution in [2.75, 3.05) is 11.1 Å². The number of carbonyl (C=O) groups is 2. The number of thioether (sulfide) groups is 1. The van der Waals surface area contributed by atoms with Gasteiger partial charge in [0.25, 0.3) is 11.6 Å². The van der Waals surface area contributed by atoms with Gasteiger partial charge in [-0.05, 0) is 38.0 Å². The summed E-state index contributed by atoms with van der Waals surface area (Å²) in [5.74, 6) is 0.0610. The van der Waals surface area contributed by atoms with Gasteiger partial charge in [-0.15, -0.1) is 10.2 Å². The molecule has 1 atom stereocenters. The molecule has 2 N–H and O–H groups in total. The van der Waals surface area contributed by atoms with Crippen LogP contribution < -0.4 is 10.6 Å². The summed E-state index contributed by atoms with van der Waals surface area (Å²) in [6.45, 7) is 5.44. The van der Waals surface area contributed by atoms with Crippen LogP contribution in [0.1, 0.15) is 40.3 Å². The lowest BCUT2D eigenvalue weighted by Crippen LogP contribution is -2.29. The van der Waals surface area contributed by atoms with Crippen molar-refractivity contribution >= 4 is 35.0 Å². The van der Waals surface area contributed by atoms with Crippen molar-refractivity contribution in [3.05, 3.63) is 75.1 Å². The topological polar surface area (TPSA) is 132 Å². The normalized spacial score (nSPS) is 11.6. The monoisotopic (exact) mass is 468 g/mol. The van der Waals surface area contributed by atoms with Gasteiger partial charge in [-0.3, -0.25) is 19.7 Å². The van der Waals surface area contributed by atoms with Crippen LogP contribution in [0.3, 0.4) is 0 Å². The lowest BCUT2D eigenvalue weighted by molar-refractivity contribution is -0.384. The van der Waals surface area contributed by atoms with Crippen molar-refractivity contribution in [2.45, 2.75) is 32.0 Å². The molecule has 0 spiro atoms. The predicted molar refractivity (Wildman–Crippen MR) is 125 cm³/mol. The molecule has 1 aromatic heterocycles. The molecule has 3 aromatic rings. The number of aromatic nitrogens is 3. The molecule has 0 aliphatic carbocycles. The highest BCUT2D eigenvalue weighted by atomic mass is 32.2. The zero-order chi connectivity index (χ0) is 24.1. The van der Waals surface area contributed by atoms with Crippen molar-refractivity contribution < 1.29 is 14.5 Å². The van der Waals surface area contributed by atoms with Gasteiger partial charge in [0, 0.05) is 24.7 Å². The zero-order valence-corrected chi connectivity index (χ0v) is 19.5. The highest BCUT2D eigenvalue weighted by Gasteiger charge is 2.20. The average Bonchev–Trinajstić information content (AvgIpc) is 3.14. The van der Waals surface area contributed by atoms with Crippen LogP contribution in [0.2, 0.25) is 0 Å². The smallest absolute Gasteiger partial charge is 0.271 e. The van der Waals surface area contributed by atoms with E-state index in [-0.39, 0.29) is 23.3 Å². The minimum Gasteiger partial charge on any atom is -0.342 e. The maximum atomic E-state index is 12.6. The van der Waals surface area contributed by atoms with Gasteiger partial charge >= 0.3 is 0 Å². The second-order valence-electron chi connectivity index (χ2n) is 7.50. The van der Waals surface area contributed by atoms with Crippen LogP contribution in [0.25, 0.3) is 0 Å². The Morgan fingerprint density at radius 2 is 1.88 bits per heavy atom. The summed E-state index contributed by atoms with van der Waals surface area (Å²) in [6, 6.07) is 11.2. The highest BCUT2D eigenvalue weighted by Crippen LogP contribution is 2.23. The van der Waals surface area contributed by atoms with Crippen molar-refractivity contribution in [1.82, 2.24) is 20.1 Å². The van der Waals surface area contributed by atoms with Gasteiger partial charge in [0.2, 0.25) is 5.91 Å². The second kappa shape index (κ2) is 10.3. The Balaban J connectivity index is 1.61. The molecule has 33 heavy (non-hydrogen) atoms. The second-order valence-corrected chi connectivity index (χ2v) is 8.45. The van der Waals surface area contributed by atoms with Crippen molar-refractivity contribution in [2.24, 2.45) is 7.05 Å². The summed E-state index contributed by atoms with van der Waals surface area (Å²) in [4.78, 5) is 35.4. The number of non-ortho nitro benzene ring substituents is 1. The van der Waals surface area contributed by atoms with Crippen LogP contribution in [-0.2, 0) is 11.8 Å². The lowest BCUT2D eigenvalue weighted by Gasteiger charge is -2.14. The number of benzene rings is 2. The summed E-state index contributed by atoms with van der Waals surface area (Å²) < 4.78 is 1.72. The third-order valence-corrected chi connectivity index (χ3v) is 6.05. The van der Waals surface area contributed by atoms with E-state index in [1.807, 2.05) is 32.0 Å². The van der Waals surface area contributed by atoms with Crippen molar-refractivity contribution in [3.8, 4) is 0 Å². The molecule has 0 saturated heterocycles. The Morgan fingerprint density at radius 1 is 1.15 bits per heavy atom. The summed E-state index contributed by atoms with van der Waals surface area (Å²) in [5.41, 5.74) is 2.48. The minimum atomic E-state index is -0.510. The van der Waals surface area contributed by atoms with Gasteiger partial charge < -0.3 is 15.2 Å². The van der Waals surface area contributed by atoms with E-state index in [1.165, 1.54) is 23.9 Å². The van der Waals surface area contributed by atoms with E-state index in [9.17, 15) is 19.7 Å². The number of aryl methyl sites for hydroxylation is 2. The third kappa shape index (κ3) is 5.75. The zero-order valence-electron chi connectivity index (χ0n) is 18.7. The van der Waals surface area contributed by atoms with Crippen LogP contribution in [-0.4, -0.2) is 37.3 Å². The van der Waals surface area contributed by atoms with E-state index in [0.717, 1.165) is 11.1 Å². The molecule has 10 nitrogen and oxygen atoms in total. The fourth-order valence-corrected chi connectivity index (χ4v) is 3.89. The van der Waals surface area contributed by atoms with Crippen LogP contribution >= 0.6 is 11.8 Å². The number of amides is 2. The Labute approximate surface area is 194 Å². The van der Waals surface area contributed by atoms with E-state index in [2.05, 4.69) is 20.8 Å². The number of hydrogen-bond acceptors (Lipinski definition) is 7. The Bertz CT molecular complexity index is 1210. The van der Waals surface area contributed by atoms with Crippen LogP contribution in [0.4, 0.5) is 11.4 Å². The number of nitrogens with zero attached hydrogens (tertiary/aromatic N) is 4. The van der Waals surface area contributed by atoms with Crippen molar-refractivity contribution in [3.63, 3.8) is 0 Å². The maximum Gasteiger partial charge on any atom is 0.271 e. The lowest BCUT2D eigenvalue weighted by atomic mass is 10.1. The summed E-state index contributed by atoms with van der Waals surface area (Å²) in [7, 11) is 1.76. The first-order chi connectivity index (χ1) is 15.7. The van der Waals surface area contributed by atoms with Crippen LogP contribution in [0.5, 0.6) is 0 Å². The van der Waals surface area contributed by atoms with E-state index in [1.54, 1.807) is 30.7 Å². The van der Waals surface area contributed by atoms with Crippen LogP contribution in [0.15, 0.2) is 47.6 Å². The molecule has 172 valence electrons. The summed E-state index contributed by atoms with van der Waals surface area (Å²) in [5, 5.41) is 25.4. The number of nitro groups is 1. The maximum absolute atomic E-state index is 12.6. The molecule has 11 heteroatoms. The van der Waals surface area contributed by atoms with Gasteiger partial charge in [-0.2, -0.15) is 0 Å². The first kappa shape index (κ1) is 23.9. The molecule has 0 saturated carbocycles. The Kier molecular flexibility index (Phi) is 7.44. The minimum absolute atomic E-state index is 0.0397. The fraction of sp³-hybridized carbons (Fsp3) is 0.273. The standard InChI is InChI=1S/C22H24N6O4S/c1-13-7-5-6-8-17(13)21(30)23-15(3)20-25-26-22(27(20)4)33-12-19(29)24-18-11-16(28(31)32)10-9-14(18)2/h5-11,15H,12H2,1-4H3,(H,23,30)(H,24,29)/t15-/m0/s1. The predicted octanol–water partition coefficient (Wildman–Crippen LogP) is 3.56. The number of anilines is 1. The average molecular weight is 469 g/mol. The molecule has 0 aliphatic heterocycles. The summed E-state index contributed by atoms with van der Waals surface area (Å²) in [6.07, 6.45) is 0. The number of carbonyl (C=O) groups excluding carboxylic acids is 2. The highest BCUT2D eigenvalue weighted by molar-refractivity contribution is 7.99. The molecule has 1 heterocycles. The van der Waals surface area contributed by atoms with Gasteiger partial charge in [-0.25, -0.2) is 0 Å². The molecule has 2 aromatic carbocycles. The van der Waals surface area contributed by atoms with Crippen molar-refractivity contribution in [1.29, 1.82) is 0 Å². The first-order valence-corrected chi connectivity index (χ1v) is 11.1. The van der Waals surface area contributed by atoms with Gasteiger partial charge in [0.05, 0.1) is 22.4 Å². The van der Waals surface area contributed by atoms with Gasteiger partial charge in [-0.1, -0.05) is 36.0 Å². The van der Waals surface area contributed by atoms with Gasteiger partial charge in [0.15, 0.2) is 11.0 Å². The molecular formula is C22H24N6O4S. The van der Waals surface area contributed by atoms with E-state index < -0.39 is 11.0 Å². The number of rotatable bonds is 8. The molecule has 3 rings (SSSR count). The molecule has 0 bridgehead atoms. The van der Waals surface area contributed by atoms with E-state index in [4.69, 9.17) is 0 Å². The Morgan fingerprint density at radius 3 is 2.58 bits per heavy atom. The molecule has 0 aliphatic rings. The van der Waals surface area contributed by atoms with E-state index >= 15 is 0 Å². The van der Waals surface area contributed by atoms with E-state index in [0.29, 0.717) is 22.2 Å². The number of hydrogen-bond donors (Lipinski definition) is 2. The van der Waals surface area contributed by atoms with Gasteiger partial charge in [0.1, 0.15) is 0 Å². The fourth-order valence-electron chi connectivity index (χ4n) is 3.17. The molecular weight excluding hydrogens is 444 g/mol. The first-order valence-electron chi connectivity index (χ1n) is 10.1.